The van der Waals surface area contributed by atoms with Crippen molar-refractivity contribution in [2.24, 2.45) is 5.41 Å². The van der Waals surface area contributed by atoms with Crippen LogP contribution in [0.15, 0.2) is 47.5 Å². The van der Waals surface area contributed by atoms with Gasteiger partial charge in [0.1, 0.15) is 0 Å². The number of carbonyl (C=O) groups is 1. The fourth-order valence-electron chi connectivity index (χ4n) is 6.31. The largest absolute Gasteiger partial charge is 0.387 e. The SMILES string of the molecule is Cc1cn(CC2(O)CCN(C(=O)N3CCNCC3c3ccccc3)CC23CCCC3)c(=O)cn1. The summed E-state index contributed by atoms with van der Waals surface area (Å²) in [6.45, 7) is 5.30. The van der Waals surface area contributed by atoms with Crippen molar-refractivity contribution >= 4 is 6.03 Å². The maximum Gasteiger partial charge on any atom is 0.320 e. The molecule has 2 saturated heterocycles. The van der Waals surface area contributed by atoms with Crippen molar-refractivity contribution in [1.82, 2.24) is 24.7 Å². The number of nitrogens with one attached hydrogen (secondary N) is 1. The molecule has 34 heavy (non-hydrogen) atoms. The van der Waals surface area contributed by atoms with Gasteiger partial charge in [-0.05, 0) is 31.7 Å². The number of rotatable bonds is 3. The van der Waals surface area contributed by atoms with Crippen LogP contribution in [0.25, 0.3) is 0 Å². The highest BCUT2D eigenvalue weighted by Gasteiger charge is 2.56. The van der Waals surface area contributed by atoms with E-state index < -0.39 is 11.0 Å². The molecule has 1 aliphatic carbocycles. The number of amides is 2. The second-order valence-electron chi connectivity index (χ2n) is 10.3. The lowest BCUT2D eigenvalue weighted by Gasteiger charge is -2.53. The average molecular weight is 466 g/mol. The summed E-state index contributed by atoms with van der Waals surface area (Å²) in [5.74, 6) is 0. The summed E-state index contributed by atoms with van der Waals surface area (Å²) in [6, 6.07) is 10.3. The van der Waals surface area contributed by atoms with Crippen molar-refractivity contribution in [2.45, 2.75) is 57.2 Å². The summed E-state index contributed by atoms with van der Waals surface area (Å²) in [6.07, 6.45) is 7.34. The molecular weight excluding hydrogens is 430 g/mol. The van der Waals surface area contributed by atoms with Crippen LogP contribution in [-0.2, 0) is 6.54 Å². The predicted octanol–water partition coefficient (Wildman–Crippen LogP) is 2.32. The Bertz CT molecular complexity index is 1080. The van der Waals surface area contributed by atoms with E-state index >= 15 is 0 Å². The van der Waals surface area contributed by atoms with E-state index in [-0.39, 0.29) is 24.2 Å². The van der Waals surface area contributed by atoms with Crippen LogP contribution in [-0.4, -0.2) is 68.8 Å². The third kappa shape index (κ3) is 4.14. The van der Waals surface area contributed by atoms with Gasteiger partial charge in [0.2, 0.25) is 0 Å². The smallest absolute Gasteiger partial charge is 0.320 e. The van der Waals surface area contributed by atoms with Gasteiger partial charge in [0, 0.05) is 44.3 Å². The first-order valence-electron chi connectivity index (χ1n) is 12.5. The molecule has 1 aromatic carbocycles. The van der Waals surface area contributed by atoms with Crippen LogP contribution in [0.3, 0.4) is 0 Å². The van der Waals surface area contributed by atoms with Gasteiger partial charge in [-0.3, -0.25) is 9.78 Å². The number of hydrogen-bond acceptors (Lipinski definition) is 5. The Hall–Kier alpha value is -2.71. The van der Waals surface area contributed by atoms with Gasteiger partial charge in [0.05, 0.1) is 30.1 Å². The summed E-state index contributed by atoms with van der Waals surface area (Å²) in [4.78, 5) is 34.3. The average Bonchev–Trinajstić information content (AvgIpc) is 3.33. The number of likely N-dealkylation sites (tertiary alicyclic amines) is 1. The van der Waals surface area contributed by atoms with Gasteiger partial charge in [-0.25, -0.2) is 4.79 Å². The minimum atomic E-state index is -1.03. The number of hydrogen-bond donors (Lipinski definition) is 2. The number of piperidine rings is 1. The fraction of sp³-hybridized carbons (Fsp3) is 0.577. The highest BCUT2D eigenvalue weighted by Crippen LogP contribution is 2.51. The molecule has 2 amide bonds. The molecule has 8 nitrogen and oxygen atoms in total. The van der Waals surface area contributed by atoms with Gasteiger partial charge in [0.15, 0.2) is 0 Å². The number of piperazine rings is 1. The van der Waals surface area contributed by atoms with Gasteiger partial charge < -0.3 is 24.8 Å². The van der Waals surface area contributed by atoms with Crippen molar-refractivity contribution in [3.05, 3.63) is 64.3 Å². The number of nitrogens with zero attached hydrogens (tertiary/aromatic N) is 4. The molecule has 2 atom stereocenters. The van der Waals surface area contributed by atoms with E-state index in [4.69, 9.17) is 0 Å². The maximum absolute atomic E-state index is 13.8. The first kappa shape index (κ1) is 23.1. The summed E-state index contributed by atoms with van der Waals surface area (Å²) >= 11 is 0. The lowest BCUT2D eigenvalue weighted by molar-refractivity contribution is -0.136. The van der Waals surface area contributed by atoms with Crippen LogP contribution in [0.1, 0.15) is 49.4 Å². The maximum atomic E-state index is 13.8. The van der Waals surface area contributed by atoms with Crippen molar-refractivity contribution in [1.29, 1.82) is 0 Å². The van der Waals surface area contributed by atoms with Gasteiger partial charge >= 0.3 is 6.03 Å². The Morgan fingerprint density at radius 2 is 1.94 bits per heavy atom. The molecule has 3 aliphatic rings. The number of urea groups is 1. The molecule has 2 aromatic rings. The second-order valence-corrected chi connectivity index (χ2v) is 10.3. The molecule has 0 radical (unpaired) electrons. The lowest BCUT2D eigenvalue weighted by Crippen LogP contribution is -2.64. The Labute approximate surface area is 200 Å². The van der Waals surface area contributed by atoms with Crippen molar-refractivity contribution < 1.29 is 9.90 Å². The zero-order valence-electron chi connectivity index (χ0n) is 19.9. The Balaban J connectivity index is 1.39. The molecule has 8 heteroatoms. The number of aliphatic hydroxyl groups is 1. The molecule has 2 unspecified atom stereocenters. The van der Waals surface area contributed by atoms with Crippen molar-refractivity contribution in [3.63, 3.8) is 0 Å². The molecule has 2 aliphatic heterocycles. The third-order valence-electron chi connectivity index (χ3n) is 8.22. The van der Waals surface area contributed by atoms with Crippen LogP contribution in [0.4, 0.5) is 4.79 Å². The number of aryl methyl sites for hydroxylation is 1. The summed E-state index contributed by atoms with van der Waals surface area (Å²) in [5, 5.41) is 15.4. The monoisotopic (exact) mass is 465 g/mol. The zero-order valence-corrected chi connectivity index (χ0v) is 19.9. The first-order chi connectivity index (χ1) is 16.4. The Morgan fingerprint density at radius 1 is 1.18 bits per heavy atom. The fourth-order valence-corrected chi connectivity index (χ4v) is 6.31. The molecular formula is C26H35N5O3. The molecule has 2 N–H and O–H groups in total. The summed E-state index contributed by atoms with van der Waals surface area (Å²) in [7, 11) is 0. The first-order valence-corrected chi connectivity index (χ1v) is 12.5. The predicted molar refractivity (Wildman–Crippen MR) is 129 cm³/mol. The molecule has 1 spiro atoms. The summed E-state index contributed by atoms with van der Waals surface area (Å²) < 4.78 is 1.60. The van der Waals surface area contributed by atoms with Crippen LogP contribution < -0.4 is 10.9 Å². The normalized spacial score (nSPS) is 26.7. The molecule has 1 saturated carbocycles. The van der Waals surface area contributed by atoms with Crippen molar-refractivity contribution in [3.8, 4) is 0 Å². The van der Waals surface area contributed by atoms with E-state index in [1.807, 2.05) is 34.9 Å². The molecule has 3 heterocycles. The molecule has 3 fully saturated rings. The van der Waals surface area contributed by atoms with Crippen LogP contribution in [0, 0.1) is 12.3 Å². The number of aromatic nitrogens is 2. The Morgan fingerprint density at radius 3 is 2.71 bits per heavy atom. The minimum Gasteiger partial charge on any atom is -0.387 e. The van der Waals surface area contributed by atoms with Crippen molar-refractivity contribution in [2.75, 3.05) is 32.7 Å². The summed E-state index contributed by atoms with van der Waals surface area (Å²) in [5.41, 5.74) is 0.271. The van der Waals surface area contributed by atoms with E-state index in [1.165, 1.54) is 6.20 Å². The second kappa shape index (κ2) is 9.15. The van der Waals surface area contributed by atoms with E-state index in [1.54, 1.807) is 10.8 Å². The van der Waals surface area contributed by atoms with Crippen LogP contribution in [0.5, 0.6) is 0 Å². The van der Waals surface area contributed by atoms with E-state index in [0.717, 1.165) is 50.0 Å². The lowest BCUT2D eigenvalue weighted by atomic mass is 9.66. The van der Waals surface area contributed by atoms with E-state index in [9.17, 15) is 14.7 Å². The highest BCUT2D eigenvalue weighted by atomic mass is 16.3. The molecule has 0 bridgehead atoms. The zero-order chi connectivity index (χ0) is 23.8. The molecule has 1 aromatic heterocycles. The van der Waals surface area contributed by atoms with Crippen LogP contribution >= 0.6 is 0 Å². The third-order valence-corrected chi connectivity index (χ3v) is 8.22. The minimum absolute atomic E-state index is 0.00107. The highest BCUT2D eigenvalue weighted by molar-refractivity contribution is 5.75. The Kier molecular flexibility index (Phi) is 6.20. The standard InChI is InChI=1S/C26H35N5O3/c1-20-17-30(23(32)16-28-20)19-26(34)11-13-29(18-25(26)9-5-6-10-25)24(33)31-14-12-27-15-22(31)21-7-3-2-4-8-21/h2-4,7-8,16-17,22,27,34H,5-6,9-15,18-19H2,1H3. The van der Waals surface area contributed by atoms with Crippen LogP contribution in [0.2, 0.25) is 0 Å². The quantitative estimate of drug-likeness (QED) is 0.726. The van der Waals surface area contributed by atoms with Gasteiger partial charge in [-0.15, -0.1) is 0 Å². The van der Waals surface area contributed by atoms with Gasteiger partial charge in [-0.1, -0.05) is 43.2 Å². The molecule has 5 rings (SSSR count). The number of benzene rings is 1. The van der Waals surface area contributed by atoms with E-state index in [0.29, 0.717) is 26.1 Å². The molecule has 182 valence electrons. The topological polar surface area (TPSA) is 90.7 Å². The number of carbonyl (C=O) groups excluding carboxylic acids is 1. The van der Waals surface area contributed by atoms with Gasteiger partial charge in [-0.2, -0.15) is 0 Å². The van der Waals surface area contributed by atoms with E-state index in [2.05, 4.69) is 22.4 Å². The van der Waals surface area contributed by atoms with Gasteiger partial charge in [0.25, 0.3) is 5.56 Å².